The Morgan fingerprint density at radius 3 is 2.88 bits per heavy atom. The lowest BCUT2D eigenvalue weighted by atomic mass is 10.1. The van der Waals surface area contributed by atoms with Gasteiger partial charge in [0.05, 0.1) is 5.69 Å². The van der Waals surface area contributed by atoms with Crippen LogP contribution in [0.3, 0.4) is 0 Å². The van der Waals surface area contributed by atoms with E-state index >= 15 is 0 Å². The Morgan fingerprint density at radius 2 is 2.12 bits per heavy atom. The third kappa shape index (κ3) is 3.17. The topological polar surface area (TPSA) is 38.1 Å². The second-order valence-electron chi connectivity index (χ2n) is 4.19. The molecule has 1 aromatic carbocycles. The fourth-order valence-corrected chi connectivity index (χ4v) is 1.77. The lowest BCUT2D eigenvalue weighted by Crippen LogP contribution is -2.10. The van der Waals surface area contributed by atoms with E-state index in [2.05, 4.69) is 29.4 Å². The summed E-state index contributed by atoms with van der Waals surface area (Å²) in [6, 6.07) is 8.33. The van der Waals surface area contributed by atoms with Crippen LogP contribution in [0.1, 0.15) is 22.7 Å². The standard InChI is InChI=1S/C14H18N2O/c1-11-5-3-4-6-12(11)9-14-16-13(10-17-14)7-8-15-2/h3-6,10,15H,7-9H2,1-2H3. The van der Waals surface area contributed by atoms with Gasteiger partial charge in [0, 0.05) is 19.4 Å². The summed E-state index contributed by atoms with van der Waals surface area (Å²) in [6.07, 6.45) is 3.44. The van der Waals surface area contributed by atoms with E-state index in [1.165, 1.54) is 11.1 Å². The molecule has 0 fully saturated rings. The van der Waals surface area contributed by atoms with E-state index < -0.39 is 0 Å². The lowest BCUT2D eigenvalue weighted by molar-refractivity contribution is 0.506. The van der Waals surface area contributed by atoms with E-state index in [0.29, 0.717) is 0 Å². The Labute approximate surface area is 102 Å². The fraction of sp³-hybridized carbons (Fsp3) is 0.357. The number of oxazole rings is 1. The summed E-state index contributed by atoms with van der Waals surface area (Å²) in [5.41, 5.74) is 3.57. The Kier molecular flexibility index (Phi) is 3.94. The van der Waals surface area contributed by atoms with Gasteiger partial charge in [0.1, 0.15) is 6.26 Å². The minimum atomic E-state index is 0.770. The van der Waals surface area contributed by atoms with Crippen LogP contribution in [0.5, 0.6) is 0 Å². The molecule has 2 rings (SSSR count). The second-order valence-corrected chi connectivity index (χ2v) is 4.19. The molecule has 2 aromatic rings. The molecule has 0 amide bonds. The van der Waals surface area contributed by atoms with Crippen LogP contribution in [-0.4, -0.2) is 18.6 Å². The van der Waals surface area contributed by atoms with Gasteiger partial charge in [-0.1, -0.05) is 24.3 Å². The van der Waals surface area contributed by atoms with Gasteiger partial charge in [0.15, 0.2) is 5.89 Å². The Bertz CT molecular complexity index is 477. The van der Waals surface area contributed by atoms with Crippen LogP contribution < -0.4 is 5.32 Å². The van der Waals surface area contributed by atoms with Crippen molar-refractivity contribution in [3.05, 3.63) is 53.2 Å². The molecular formula is C14H18N2O. The van der Waals surface area contributed by atoms with Crippen molar-refractivity contribution in [2.24, 2.45) is 0 Å². The molecular weight excluding hydrogens is 212 g/mol. The van der Waals surface area contributed by atoms with Gasteiger partial charge in [-0.05, 0) is 25.1 Å². The molecule has 1 heterocycles. The van der Waals surface area contributed by atoms with Crippen LogP contribution in [0.2, 0.25) is 0 Å². The summed E-state index contributed by atoms with van der Waals surface area (Å²) in [6.45, 7) is 3.04. The normalized spacial score (nSPS) is 10.7. The van der Waals surface area contributed by atoms with Gasteiger partial charge in [0.25, 0.3) is 0 Å². The number of hydrogen-bond acceptors (Lipinski definition) is 3. The molecule has 0 bridgehead atoms. The summed E-state index contributed by atoms with van der Waals surface area (Å²) < 4.78 is 5.48. The highest BCUT2D eigenvalue weighted by Gasteiger charge is 2.06. The van der Waals surface area contributed by atoms with Crippen LogP contribution in [0.4, 0.5) is 0 Å². The molecule has 0 atom stereocenters. The van der Waals surface area contributed by atoms with Gasteiger partial charge >= 0.3 is 0 Å². The van der Waals surface area contributed by atoms with E-state index in [9.17, 15) is 0 Å². The number of nitrogens with zero attached hydrogens (tertiary/aromatic N) is 1. The van der Waals surface area contributed by atoms with Crippen LogP contribution in [0, 0.1) is 6.92 Å². The van der Waals surface area contributed by atoms with Crippen LogP contribution in [0.15, 0.2) is 34.9 Å². The molecule has 0 aliphatic carbocycles. The molecule has 0 aliphatic heterocycles. The van der Waals surface area contributed by atoms with Crippen LogP contribution in [0.25, 0.3) is 0 Å². The van der Waals surface area contributed by atoms with Crippen molar-refractivity contribution in [3.8, 4) is 0 Å². The third-order valence-electron chi connectivity index (χ3n) is 2.83. The quantitative estimate of drug-likeness (QED) is 0.856. The van der Waals surface area contributed by atoms with E-state index in [-0.39, 0.29) is 0 Å². The van der Waals surface area contributed by atoms with Crippen molar-refractivity contribution in [2.45, 2.75) is 19.8 Å². The van der Waals surface area contributed by atoms with E-state index in [0.717, 1.165) is 31.0 Å². The molecule has 0 unspecified atom stereocenters. The van der Waals surface area contributed by atoms with Gasteiger partial charge in [-0.3, -0.25) is 0 Å². The zero-order valence-electron chi connectivity index (χ0n) is 10.4. The zero-order valence-corrected chi connectivity index (χ0v) is 10.4. The van der Waals surface area contributed by atoms with Gasteiger partial charge in [-0.15, -0.1) is 0 Å². The highest BCUT2D eigenvalue weighted by Crippen LogP contribution is 2.13. The van der Waals surface area contributed by atoms with Gasteiger partial charge in [0.2, 0.25) is 0 Å². The first-order chi connectivity index (χ1) is 8.29. The number of aryl methyl sites for hydroxylation is 1. The van der Waals surface area contributed by atoms with Crippen molar-refractivity contribution >= 4 is 0 Å². The maximum atomic E-state index is 5.48. The highest BCUT2D eigenvalue weighted by molar-refractivity contribution is 5.27. The largest absolute Gasteiger partial charge is 0.448 e. The first-order valence-electron chi connectivity index (χ1n) is 5.92. The minimum Gasteiger partial charge on any atom is -0.448 e. The predicted molar refractivity (Wildman–Crippen MR) is 68.1 cm³/mol. The van der Waals surface area contributed by atoms with Gasteiger partial charge < -0.3 is 9.73 Å². The summed E-state index contributed by atoms with van der Waals surface area (Å²) in [5, 5.41) is 3.10. The molecule has 0 aliphatic rings. The van der Waals surface area contributed by atoms with Crippen LogP contribution >= 0.6 is 0 Å². The first kappa shape index (κ1) is 11.9. The van der Waals surface area contributed by atoms with Crippen LogP contribution in [-0.2, 0) is 12.8 Å². The molecule has 17 heavy (non-hydrogen) atoms. The lowest BCUT2D eigenvalue weighted by Gasteiger charge is -2.01. The van der Waals surface area contributed by atoms with E-state index in [1.54, 1.807) is 6.26 Å². The summed E-state index contributed by atoms with van der Waals surface area (Å²) >= 11 is 0. The molecule has 0 saturated heterocycles. The number of aromatic nitrogens is 1. The fourth-order valence-electron chi connectivity index (χ4n) is 1.77. The zero-order chi connectivity index (χ0) is 12.1. The number of benzene rings is 1. The number of rotatable bonds is 5. The average Bonchev–Trinajstić information content (AvgIpc) is 2.77. The molecule has 1 N–H and O–H groups in total. The highest BCUT2D eigenvalue weighted by atomic mass is 16.3. The molecule has 3 heteroatoms. The second kappa shape index (κ2) is 5.64. The summed E-state index contributed by atoms with van der Waals surface area (Å²) in [7, 11) is 1.94. The molecule has 90 valence electrons. The Balaban J connectivity index is 2.04. The molecule has 3 nitrogen and oxygen atoms in total. The van der Waals surface area contributed by atoms with E-state index in [1.807, 2.05) is 19.2 Å². The number of likely N-dealkylation sites (N-methyl/N-ethyl adjacent to an activating group) is 1. The van der Waals surface area contributed by atoms with E-state index in [4.69, 9.17) is 4.42 Å². The predicted octanol–water partition coefficient (Wildman–Crippen LogP) is 2.34. The van der Waals surface area contributed by atoms with Crippen molar-refractivity contribution in [3.63, 3.8) is 0 Å². The molecule has 1 aromatic heterocycles. The maximum absolute atomic E-state index is 5.48. The van der Waals surface area contributed by atoms with Crippen molar-refractivity contribution in [1.29, 1.82) is 0 Å². The molecule has 0 radical (unpaired) electrons. The minimum absolute atomic E-state index is 0.770. The summed E-state index contributed by atoms with van der Waals surface area (Å²) in [5.74, 6) is 0.797. The van der Waals surface area contributed by atoms with Gasteiger partial charge in [-0.2, -0.15) is 0 Å². The SMILES string of the molecule is CNCCc1coc(Cc2ccccc2C)n1. The van der Waals surface area contributed by atoms with Gasteiger partial charge in [-0.25, -0.2) is 4.98 Å². The van der Waals surface area contributed by atoms with Crippen molar-refractivity contribution in [2.75, 3.05) is 13.6 Å². The maximum Gasteiger partial charge on any atom is 0.198 e. The van der Waals surface area contributed by atoms with Crippen molar-refractivity contribution in [1.82, 2.24) is 10.3 Å². The smallest absolute Gasteiger partial charge is 0.198 e. The third-order valence-corrected chi connectivity index (χ3v) is 2.83. The molecule has 0 spiro atoms. The number of nitrogens with one attached hydrogen (secondary N) is 1. The van der Waals surface area contributed by atoms with Crippen molar-refractivity contribution < 1.29 is 4.42 Å². The Morgan fingerprint density at radius 1 is 1.29 bits per heavy atom. The molecule has 0 saturated carbocycles. The number of hydrogen-bond donors (Lipinski definition) is 1. The monoisotopic (exact) mass is 230 g/mol. The first-order valence-corrected chi connectivity index (χ1v) is 5.92. The summed E-state index contributed by atoms with van der Waals surface area (Å²) in [4.78, 5) is 4.48. The Hall–Kier alpha value is -1.61. The average molecular weight is 230 g/mol.